The Morgan fingerprint density at radius 1 is 1.24 bits per heavy atom. The van der Waals surface area contributed by atoms with E-state index in [1.165, 1.54) is 0 Å². The SMILES string of the molecule is Nc1ccc(OCCOCCNC(=O)O)cc1. The number of anilines is 1. The van der Waals surface area contributed by atoms with E-state index in [1.807, 2.05) is 0 Å². The number of nitrogens with two attached hydrogens (primary N) is 1. The summed E-state index contributed by atoms with van der Waals surface area (Å²) in [6.45, 7) is 1.43. The van der Waals surface area contributed by atoms with Crippen LogP contribution in [0.3, 0.4) is 0 Å². The molecule has 0 spiro atoms. The van der Waals surface area contributed by atoms with Crippen LogP contribution >= 0.6 is 0 Å². The average Bonchev–Trinajstić information content (AvgIpc) is 2.30. The first-order chi connectivity index (χ1) is 8.18. The van der Waals surface area contributed by atoms with Crippen molar-refractivity contribution >= 4 is 11.8 Å². The largest absolute Gasteiger partial charge is 0.491 e. The summed E-state index contributed by atoms with van der Waals surface area (Å²) < 4.78 is 10.5. The molecule has 0 radical (unpaired) electrons. The number of hydrogen-bond acceptors (Lipinski definition) is 4. The second-order valence-electron chi connectivity index (χ2n) is 3.26. The van der Waals surface area contributed by atoms with Crippen molar-refractivity contribution in [3.05, 3.63) is 24.3 Å². The normalized spacial score (nSPS) is 9.88. The summed E-state index contributed by atoms with van der Waals surface area (Å²) in [6, 6.07) is 7.07. The quantitative estimate of drug-likeness (QED) is 0.487. The van der Waals surface area contributed by atoms with Gasteiger partial charge in [-0.3, -0.25) is 0 Å². The molecule has 94 valence electrons. The van der Waals surface area contributed by atoms with Crippen LogP contribution in [0.5, 0.6) is 5.75 Å². The van der Waals surface area contributed by atoms with Gasteiger partial charge in [0.25, 0.3) is 0 Å². The fourth-order valence-electron chi connectivity index (χ4n) is 1.11. The van der Waals surface area contributed by atoms with Crippen molar-refractivity contribution in [2.75, 3.05) is 32.1 Å². The van der Waals surface area contributed by atoms with Gasteiger partial charge < -0.3 is 25.6 Å². The lowest BCUT2D eigenvalue weighted by atomic mass is 10.3. The Balaban J connectivity index is 2.01. The highest BCUT2D eigenvalue weighted by atomic mass is 16.5. The topological polar surface area (TPSA) is 93.8 Å². The predicted octanol–water partition coefficient (Wildman–Crippen LogP) is 0.932. The van der Waals surface area contributed by atoms with Gasteiger partial charge in [-0.15, -0.1) is 0 Å². The van der Waals surface area contributed by atoms with Gasteiger partial charge in [0.1, 0.15) is 12.4 Å². The van der Waals surface area contributed by atoms with E-state index >= 15 is 0 Å². The second kappa shape index (κ2) is 7.34. The van der Waals surface area contributed by atoms with E-state index in [4.69, 9.17) is 20.3 Å². The van der Waals surface area contributed by atoms with Crippen LogP contribution in [0.25, 0.3) is 0 Å². The maximum atomic E-state index is 10.1. The molecule has 0 unspecified atom stereocenters. The Kier molecular flexibility index (Phi) is 5.67. The van der Waals surface area contributed by atoms with Crippen LogP contribution in [0.2, 0.25) is 0 Å². The maximum absolute atomic E-state index is 10.1. The van der Waals surface area contributed by atoms with Crippen molar-refractivity contribution in [3.63, 3.8) is 0 Å². The molecule has 0 atom stereocenters. The van der Waals surface area contributed by atoms with Gasteiger partial charge in [0.2, 0.25) is 0 Å². The van der Waals surface area contributed by atoms with Crippen molar-refractivity contribution in [2.45, 2.75) is 0 Å². The Labute approximate surface area is 99.3 Å². The van der Waals surface area contributed by atoms with E-state index in [2.05, 4.69) is 5.32 Å². The fraction of sp³-hybridized carbons (Fsp3) is 0.364. The van der Waals surface area contributed by atoms with Gasteiger partial charge in [-0.25, -0.2) is 4.79 Å². The molecule has 17 heavy (non-hydrogen) atoms. The third-order valence-corrected chi connectivity index (χ3v) is 1.90. The molecule has 0 saturated carbocycles. The number of nitrogens with one attached hydrogen (secondary N) is 1. The van der Waals surface area contributed by atoms with Crippen molar-refractivity contribution in [3.8, 4) is 5.75 Å². The van der Waals surface area contributed by atoms with Crippen LogP contribution in [0.4, 0.5) is 10.5 Å². The monoisotopic (exact) mass is 240 g/mol. The highest BCUT2D eigenvalue weighted by Crippen LogP contribution is 2.12. The van der Waals surface area contributed by atoms with E-state index < -0.39 is 6.09 Å². The molecule has 0 saturated heterocycles. The third-order valence-electron chi connectivity index (χ3n) is 1.90. The Hall–Kier alpha value is -1.95. The fourth-order valence-corrected chi connectivity index (χ4v) is 1.11. The number of rotatable bonds is 7. The van der Waals surface area contributed by atoms with Crippen molar-refractivity contribution in [1.29, 1.82) is 0 Å². The first-order valence-corrected chi connectivity index (χ1v) is 5.21. The molecule has 0 heterocycles. The van der Waals surface area contributed by atoms with E-state index in [0.29, 0.717) is 25.5 Å². The molecule has 6 heteroatoms. The number of ether oxygens (including phenoxy) is 2. The minimum atomic E-state index is -1.05. The molecule has 1 aromatic carbocycles. The molecule has 0 fully saturated rings. The number of benzene rings is 1. The summed E-state index contributed by atoms with van der Waals surface area (Å²) in [5, 5.41) is 10.5. The van der Waals surface area contributed by atoms with E-state index in [0.717, 1.165) is 5.75 Å². The molecule has 1 amide bonds. The maximum Gasteiger partial charge on any atom is 0.404 e. The minimum absolute atomic E-state index is 0.275. The lowest BCUT2D eigenvalue weighted by molar-refractivity contribution is 0.101. The van der Waals surface area contributed by atoms with Gasteiger partial charge in [-0.2, -0.15) is 0 Å². The standard InChI is InChI=1S/C11H16N2O4/c12-9-1-3-10(4-2-9)17-8-7-16-6-5-13-11(14)15/h1-4,13H,5-8,12H2,(H,14,15). The zero-order valence-corrected chi connectivity index (χ0v) is 9.39. The predicted molar refractivity (Wildman–Crippen MR) is 63.2 cm³/mol. The van der Waals surface area contributed by atoms with Crippen LogP contribution in [0, 0.1) is 0 Å². The third kappa shape index (κ3) is 6.26. The molecule has 0 aromatic heterocycles. The van der Waals surface area contributed by atoms with Crippen LogP contribution in [-0.2, 0) is 4.74 Å². The summed E-state index contributed by atoms with van der Waals surface area (Å²) >= 11 is 0. The zero-order valence-electron chi connectivity index (χ0n) is 9.39. The number of carboxylic acid groups (broad SMARTS) is 1. The molecule has 0 aliphatic heterocycles. The summed E-state index contributed by atoms with van der Waals surface area (Å²) in [6.07, 6.45) is -1.05. The summed E-state index contributed by atoms with van der Waals surface area (Å²) in [5.41, 5.74) is 6.21. The number of nitrogen functional groups attached to an aromatic ring is 1. The number of carbonyl (C=O) groups is 1. The smallest absolute Gasteiger partial charge is 0.404 e. The van der Waals surface area contributed by atoms with Gasteiger partial charge in [0.05, 0.1) is 13.2 Å². The van der Waals surface area contributed by atoms with Gasteiger partial charge in [-0.1, -0.05) is 0 Å². The minimum Gasteiger partial charge on any atom is -0.491 e. The van der Waals surface area contributed by atoms with Crippen LogP contribution in [0.1, 0.15) is 0 Å². The van der Waals surface area contributed by atoms with E-state index in [1.54, 1.807) is 24.3 Å². The first kappa shape index (κ1) is 13.1. The number of amides is 1. The van der Waals surface area contributed by atoms with Gasteiger partial charge in [0, 0.05) is 12.2 Å². The van der Waals surface area contributed by atoms with Gasteiger partial charge >= 0.3 is 6.09 Å². The zero-order chi connectivity index (χ0) is 12.5. The Morgan fingerprint density at radius 3 is 2.59 bits per heavy atom. The molecule has 0 bridgehead atoms. The van der Waals surface area contributed by atoms with Gasteiger partial charge in [-0.05, 0) is 24.3 Å². The van der Waals surface area contributed by atoms with Crippen molar-refractivity contribution in [1.82, 2.24) is 5.32 Å². The average molecular weight is 240 g/mol. The van der Waals surface area contributed by atoms with Crippen molar-refractivity contribution in [2.24, 2.45) is 0 Å². The molecule has 6 nitrogen and oxygen atoms in total. The Bertz CT molecular complexity index is 340. The number of hydrogen-bond donors (Lipinski definition) is 3. The second-order valence-corrected chi connectivity index (χ2v) is 3.26. The molecular formula is C11H16N2O4. The van der Waals surface area contributed by atoms with E-state index in [-0.39, 0.29) is 6.54 Å². The molecular weight excluding hydrogens is 224 g/mol. The van der Waals surface area contributed by atoms with Crippen LogP contribution in [0.15, 0.2) is 24.3 Å². The van der Waals surface area contributed by atoms with Crippen molar-refractivity contribution < 1.29 is 19.4 Å². The highest BCUT2D eigenvalue weighted by molar-refractivity contribution is 5.64. The summed E-state index contributed by atoms with van der Waals surface area (Å²) in [7, 11) is 0. The molecule has 1 rings (SSSR count). The lowest BCUT2D eigenvalue weighted by Crippen LogP contribution is -2.25. The Morgan fingerprint density at radius 2 is 1.94 bits per heavy atom. The molecule has 0 aliphatic rings. The molecule has 4 N–H and O–H groups in total. The summed E-state index contributed by atoms with van der Waals surface area (Å²) in [5.74, 6) is 0.728. The molecule has 1 aromatic rings. The highest BCUT2D eigenvalue weighted by Gasteiger charge is 1.95. The summed E-state index contributed by atoms with van der Waals surface area (Å²) in [4.78, 5) is 10.1. The van der Waals surface area contributed by atoms with Crippen LogP contribution < -0.4 is 15.8 Å². The lowest BCUT2D eigenvalue weighted by Gasteiger charge is -2.07. The molecule has 0 aliphatic carbocycles. The van der Waals surface area contributed by atoms with Gasteiger partial charge in [0.15, 0.2) is 0 Å². The first-order valence-electron chi connectivity index (χ1n) is 5.21. The van der Waals surface area contributed by atoms with Crippen LogP contribution in [-0.4, -0.2) is 37.6 Å². The van der Waals surface area contributed by atoms with E-state index in [9.17, 15) is 4.79 Å².